The van der Waals surface area contributed by atoms with Gasteiger partial charge in [-0.25, -0.2) is 9.78 Å². The number of nitrogens with zero attached hydrogens (tertiary/aromatic N) is 3. The quantitative estimate of drug-likeness (QED) is 0.645. The summed E-state index contributed by atoms with van der Waals surface area (Å²) in [6, 6.07) is 6.84. The summed E-state index contributed by atoms with van der Waals surface area (Å²) in [7, 11) is 0. The first kappa shape index (κ1) is 9.59. The van der Waals surface area contributed by atoms with E-state index in [9.17, 15) is 9.90 Å². The lowest BCUT2D eigenvalue weighted by Crippen LogP contribution is -2.17. The van der Waals surface area contributed by atoms with Crippen LogP contribution in [0.4, 0.5) is 0 Å². The van der Waals surface area contributed by atoms with Gasteiger partial charge in [0.15, 0.2) is 5.65 Å². The van der Waals surface area contributed by atoms with Gasteiger partial charge in [-0.05, 0) is 6.07 Å². The molecule has 84 valence electrons. The molecule has 1 aromatic carbocycles. The van der Waals surface area contributed by atoms with Crippen molar-refractivity contribution in [3.8, 4) is 16.9 Å². The average molecular weight is 228 g/mol. The molecule has 2 N–H and O–H groups in total. The molecule has 0 aliphatic heterocycles. The third-order valence-electron chi connectivity index (χ3n) is 2.51. The minimum atomic E-state index is -0.364. The lowest BCUT2D eigenvalue weighted by atomic mass is 10.1. The molecular formula is C11H8N4O2. The Bertz CT molecular complexity index is 744. The zero-order chi connectivity index (χ0) is 11.8. The van der Waals surface area contributed by atoms with Crippen molar-refractivity contribution < 1.29 is 5.11 Å². The standard InChI is InChI=1S/C11H8N4O2/c16-9-4-2-1-3-7(9)8-5-14-15-10(8)12-6-13-11(15)17/h1-6,16H,(H,12,13,17). The van der Waals surface area contributed by atoms with Gasteiger partial charge >= 0.3 is 5.69 Å². The Labute approximate surface area is 95.2 Å². The van der Waals surface area contributed by atoms with Gasteiger partial charge in [0.05, 0.1) is 18.1 Å². The number of hydrogen-bond donors (Lipinski definition) is 2. The molecule has 0 aliphatic carbocycles. The molecule has 0 bridgehead atoms. The lowest BCUT2D eigenvalue weighted by molar-refractivity contribution is 0.477. The number of hydrogen-bond acceptors (Lipinski definition) is 4. The minimum absolute atomic E-state index is 0.129. The summed E-state index contributed by atoms with van der Waals surface area (Å²) in [6.07, 6.45) is 2.81. The van der Waals surface area contributed by atoms with E-state index in [4.69, 9.17) is 0 Å². The van der Waals surface area contributed by atoms with Crippen molar-refractivity contribution in [2.24, 2.45) is 0 Å². The van der Waals surface area contributed by atoms with Crippen LogP contribution in [0.15, 0.2) is 41.6 Å². The summed E-state index contributed by atoms with van der Waals surface area (Å²) in [6.45, 7) is 0. The van der Waals surface area contributed by atoms with E-state index in [2.05, 4.69) is 15.1 Å². The number of fused-ring (bicyclic) bond motifs is 1. The Morgan fingerprint density at radius 3 is 2.88 bits per heavy atom. The van der Waals surface area contributed by atoms with E-state index in [1.807, 2.05) is 0 Å². The molecule has 0 atom stereocenters. The number of benzene rings is 1. The van der Waals surface area contributed by atoms with Crippen molar-refractivity contribution in [1.82, 2.24) is 19.6 Å². The molecule has 2 aromatic heterocycles. The molecule has 6 nitrogen and oxygen atoms in total. The van der Waals surface area contributed by atoms with Crippen LogP contribution in [-0.4, -0.2) is 24.7 Å². The molecule has 0 spiro atoms. The summed E-state index contributed by atoms with van der Waals surface area (Å²) >= 11 is 0. The Morgan fingerprint density at radius 2 is 2.06 bits per heavy atom. The molecule has 3 aromatic rings. The molecule has 0 saturated carbocycles. The molecule has 0 radical (unpaired) electrons. The summed E-state index contributed by atoms with van der Waals surface area (Å²) in [5.74, 6) is 0.129. The van der Waals surface area contributed by atoms with E-state index < -0.39 is 0 Å². The fourth-order valence-corrected chi connectivity index (χ4v) is 1.72. The number of para-hydroxylation sites is 1. The second-order valence-electron chi connectivity index (χ2n) is 3.52. The first-order valence-electron chi connectivity index (χ1n) is 4.97. The smallest absolute Gasteiger partial charge is 0.349 e. The lowest BCUT2D eigenvalue weighted by Gasteiger charge is -2.00. The van der Waals surface area contributed by atoms with Crippen LogP contribution < -0.4 is 5.69 Å². The molecule has 2 heterocycles. The zero-order valence-corrected chi connectivity index (χ0v) is 8.66. The molecule has 17 heavy (non-hydrogen) atoms. The largest absolute Gasteiger partial charge is 0.507 e. The highest BCUT2D eigenvalue weighted by Gasteiger charge is 2.12. The normalized spacial score (nSPS) is 10.8. The van der Waals surface area contributed by atoms with Gasteiger partial charge in [-0.3, -0.25) is 4.98 Å². The summed E-state index contributed by atoms with van der Waals surface area (Å²) in [4.78, 5) is 17.9. The monoisotopic (exact) mass is 228 g/mol. The van der Waals surface area contributed by atoms with E-state index in [1.165, 1.54) is 12.5 Å². The average Bonchev–Trinajstić information content (AvgIpc) is 2.75. The molecule has 0 unspecified atom stereocenters. The van der Waals surface area contributed by atoms with Crippen LogP contribution in [0.1, 0.15) is 0 Å². The van der Waals surface area contributed by atoms with Crippen molar-refractivity contribution in [2.45, 2.75) is 0 Å². The predicted molar refractivity (Wildman–Crippen MR) is 60.7 cm³/mol. The second-order valence-corrected chi connectivity index (χ2v) is 3.52. The van der Waals surface area contributed by atoms with Crippen LogP contribution in [0.25, 0.3) is 16.8 Å². The molecule has 3 rings (SSSR count). The fourth-order valence-electron chi connectivity index (χ4n) is 1.72. The third kappa shape index (κ3) is 1.38. The van der Waals surface area contributed by atoms with Crippen LogP contribution in [0.3, 0.4) is 0 Å². The SMILES string of the molecule is O=c1[nH]cnc2c(-c3ccccc3O)cnn12. The van der Waals surface area contributed by atoms with Crippen molar-refractivity contribution in [1.29, 1.82) is 0 Å². The number of aromatic amines is 1. The summed E-state index contributed by atoms with van der Waals surface area (Å²) in [5.41, 5.74) is 1.27. The van der Waals surface area contributed by atoms with Crippen molar-refractivity contribution >= 4 is 5.65 Å². The van der Waals surface area contributed by atoms with Gasteiger partial charge < -0.3 is 5.11 Å². The first-order valence-corrected chi connectivity index (χ1v) is 4.97. The van der Waals surface area contributed by atoms with Crippen LogP contribution >= 0.6 is 0 Å². The minimum Gasteiger partial charge on any atom is -0.507 e. The Hall–Kier alpha value is -2.63. The Balaban J connectivity index is 2.36. The maximum atomic E-state index is 11.5. The van der Waals surface area contributed by atoms with E-state index in [1.54, 1.807) is 24.3 Å². The highest BCUT2D eigenvalue weighted by Crippen LogP contribution is 2.30. The van der Waals surface area contributed by atoms with Crippen LogP contribution in [0.2, 0.25) is 0 Å². The van der Waals surface area contributed by atoms with E-state index in [0.717, 1.165) is 4.52 Å². The van der Waals surface area contributed by atoms with Gasteiger partial charge in [-0.2, -0.15) is 9.61 Å². The molecule has 0 saturated heterocycles. The molecular weight excluding hydrogens is 220 g/mol. The van der Waals surface area contributed by atoms with Crippen LogP contribution in [-0.2, 0) is 0 Å². The van der Waals surface area contributed by atoms with Gasteiger partial charge in [0, 0.05) is 5.56 Å². The fraction of sp³-hybridized carbons (Fsp3) is 0. The van der Waals surface area contributed by atoms with E-state index >= 15 is 0 Å². The third-order valence-corrected chi connectivity index (χ3v) is 2.51. The molecule has 0 amide bonds. The van der Waals surface area contributed by atoms with Gasteiger partial charge in [0.25, 0.3) is 0 Å². The van der Waals surface area contributed by atoms with Gasteiger partial charge in [-0.1, -0.05) is 18.2 Å². The van der Waals surface area contributed by atoms with Crippen LogP contribution in [0.5, 0.6) is 5.75 Å². The number of aromatic hydroxyl groups is 1. The van der Waals surface area contributed by atoms with Crippen LogP contribution in [0, 0.1) is 0 Å². The number of nitrogens with one attached hydrogen (secondary N) is 1. The summed E-state index contributed by atoms with van der Waals surface area (Å²) < 4.78 is 1.15. The van der Waals surface area contributed by atoms with Gasteiger partial charge in [0.1, 0.15) is 5.75 Å². The molecule has 6 heteroatoms. The topological polar surface area (TPSA) is 83.3 Å². The van der Waals surface area contributed by atoms with Crippen molar-refractivity contribution in [2.75, 3.05) is 0 Å². The molecule has 0 fully saturated rings. The maximum absolute atomic E-state index is 11.5. The first-order chi connectivity index (χ1) is 8.27. The number of phenolic OH excluding ortho intramolecular Hbond substituents is 1. The zero-order valence-electron chi connectivity index (χ0n) is 8.66. The molecule has 0 aliphatic rings. The van der Waals surface area contributed by atoms with E-state index in [0.29, 0.717) is 16.8 Å². The number of aromatic nitrogens is 4. The van der Waals surface area contributed by atoms with Crippen molar-refractivity contribution in [3.05, 3.63) is 47.3 Å². The Morgan fingerprint density at radius 1 is 1.24 bits per heavy atom. The highest BCUT2D eigenvalue weighted by atomic mass is 16.3. The van der Waals surface area contributed by atoms with Gasteiger partial charge in [0.2, 0.25) is 0 Å². The predicted octanol–water partition coefficient (Wildman–Crippen LogP) is 0.790. The number of phenols is 1. The number of H-pyrrole nitrogens is 1. The number of rotatable bonds is 1. The second kappa shape index (κ2) is 3.44. The van der Waals surface area contributed by atoms with Gasteiger partial charge in [-0.15, -0.1) is 0 Å². The Kier molecular flexibility index (Phi) is 1.94. The maximum Gasteiger partial charge on any atom is 0.349 e. The van der Waals surface area contributed by atoms with Crippen molar-refractivity contribution in [3.63, 3.8) is 0 Å². The highest BCUT2D eigenvalue weighted by molar-refractivity contribution is 5.80. The summed E-state index contributed by atoms with van der Waals surface area (Å²) in [5, 5.41) is 13.7. The van der Waals surface area contributed by atoms with E-state index in [-0.39, 0.29) is 11.4 Å².